The first-order valence-electron chi connectivity index (χ1n) is 26.4. The lowest BCUT2D eigenvalue weighted by molar-refractivity contribution is 0.663. The summed E-state index contributed by atoms with van der Waals surface area (Å²) >= 11 is 0. The van der Waals surface area contributed by atoms with Gasteiger partial charge >= 0.3 is 0 Å². The Labute approximate surface area is 438 Å². The van der Waals surface area contributed by atoms with Gasteiger partial charge in [0.25, 0.3) is 0 Å². The molecule has 366 valence electrons. The fourth-order valence-electron chi connectivity index (χ4n) is 12.0. The number of aryl methyl sites for hydroxylation is 2. The van der Waals surface area contributed by atoms with Crippen LogP contribution in [0.1, 0.15) is 61.8 Å². The van der Waals surface area contributed by atoms with E-state index in [0.717, 1.165) is 155 Å². The van der Waals surface area contributed by atoms with Crippen LogP contribution in [0.2, 0.25) is 0 Å². The number of anilines is 6. The van der Waals surface area contributed by atoms with E-state index in [4.69, 9.17) is 17.7 Å². The lowest BCUT2D eigenvalue weighted by atomic mass is 10.0. The molecule has 0 saturated carbocycles. The Morgan fingerprint density at radius 2 is 0.737 bits per heavy atom. The summed E-state index contributed by atoms with van der Waals surface area (Å²) in [5, 5.41) is 12.9. The average molecular weight is 985 g/mol. The highest BCUT2D eigenvalue weighted by molar-refractivity contribution is 6.24. The molecule has 0 aliphatic heterocycles. The van der Waals surface area contributed by atoms with Crippen LogP contribution in [-0.2, 0) is 0 Å². The zero-order chi connectivity index (χ0) is 51.1. The standard InChI is InChI=1S/C70H52N2O4/c1-39(2)43-17-23-49(24-18-43)71(66-41(5)15-29-55-53-11-7-9-13-60(53)74-69(55)66)51-27-21-45-35-58-57-31-32-62-65(68(57)76-63(58)37-47(45)33-51)59-36-46-22-28-52(34-48(46)38-64(59)73-62)72(50-25-19-44(20-26-50)40(3)4)67-42(6)16-30-56-54-12-8-10-14-61(54)75-70(56)67/h7-40H,1-6H3. The molecule has 11 aromatic carbocycles. The zero-order valence-electron chi connectivity index (χ0n) is 43.2. The van der Waals surface area contributed by atoms with Crippen molar-refractivity contribution in [3.8, 4) is 0 Å². The van der Waals surface area contributed by atoms with Gasteiger partial charge in [0.15, 0.2) is 11.2 Å². The molecule has 4 aromatic heterocycles. The molecule has 0 atom stereocenters. The third-order valence-electron chi connectivity index (χ3n) is 16.0. The number of benzene rings is 11. The summed E-state index contributed by atoms with van der Waals surface area (Å²) in [7, 11) is 0. The topological polar surface area (TPSA) is 59.0 Å². The van der Waals surface area contributed by atoms with Gasteiger partial charge in [0.05, 0.1) is 16.8 Å². The maximum absolute atomic E-state index is 7.00. The minimum atomic E-state index is 0.417. The van der Waals surface area contributed by atoms with Crippen LogP contribution in [-0.4, -0.2) is 0 Å². The Hall–Kier alpha value is -9.26. The molecule has 15 rings (SSSR count). The van der Waals surface area contributed by atoms with E-state index in [-0.39, 0.29) is 0 Å². The first kappa shape index (κ1) is 44.2. The Kier molecular flexibility index (Phi) is 9.68. The van der Waals surface area contributed by atoms with E-state index in [0.29, 0.717) is 11.8 Å². The molecule has 6 nitrogen and oxygen atoms in total. The number of hydrogen-bond donors (Lipinski definition) is 0. The Morgan fingerprint density at radius 3 is 1.25 bits per heavy atom. The van der Waals surface area contributed by atoms with Gasteiger partial charge in [0.1, 0.15) is 33.5 Å². The molecule has 0 radical (unpaired) electrons. The molecule has 0 amide bonds. The van der Waals surface area contributed by atoms with Gasteiger partial charge in [0.2, 0.25) is 0 Å². The number of hydrogen-bond acceptors (Lipinski definition) is 6. The Bertz CT molecular complexity index is 4850. The summed E-state index contributed by atoms with van der Waals surface area (Å²) in [6.07, 6.45) is 0. The fourth-order valence-corrected chi connectivity index (χ4v) is 12.0. The Balaban J connectivity index is 0.865. The van der Waals surface area contributed by atoms with E-state index >= 15 is 0 Å². The molecule has 0 aliphatic carbocycles. The predicted octanol–water partition coefficient (Wildman–Crippen LogP) is 21.4. The van der Waals surface area contributed by atoms with Crippen LogP contribution in [0.5, 0.6) is 0 Å². The summed E-state index contributed by atoms with van der Waals surface area (Å²) in [5.74, 6) is 0.834. The monoisotopic (exact) mass is 984 g/mol. The number of fused-ring (bicyclic) bond motifs is 15. The van der Waals surface area contributed by atoms with Crippen molar-refractivity contribution in [3.63, 3.8) is 0 Å². The quantitative estimate of drug-likeness (QED) is 0.151. The summed E-state index contributed by atoms with van der Waals surface area (Å²) in [4.78, 5) is 4.70. The van der Waals surface area contributed by atoms with E-state index in [9.17, 15) is 0 Å². The van der Waals surface area contributed by atoms with Crippen molar-refractivity contribution in [1.82, 2.24) is 0 Å². The van der Waals surface area contributed by atoms with Crippen molar-refractivity contribution in [1.29, 1.82) is 0 Å². The molecule has 6 heteroatoms. The molecule has 0 unspecified atom stereocenters. The van der Waals surface area contributed by atoms with E-state index in [2.05, 4.69) is 233 Å². The molecule has 0 aliphatic rings. The second kappa shape index (κ2) is 16.6. The molecular weight excluding hydrogens is 933 g/mol. The largest absolute Gasteiger partial charge is 0.456 e. The van der Waals surface area contributed by atoms with Gasteiger partial charge < -0.3 is 27.5 Å². The number of para-hydroxylation sites is 2. The fraction of sp³-hybridized carbons (Fsp3) is 0.114. The van der Waals surface area contributed by atoms with Crippen molar-refractivity contribution < 1.29 is 17.7 Å². The van der Waals surface area contributed by atoms with Crippen molar-refractivity contribution in [3.05, 3.63) is 216 Å². The molecule has 0 saturated heterocycles. The SMILES string of the molecule is Cc1ccc2c(oc3ccccc32)c1N(c1ccc(C(C)C)cc1)c1ccc2cc3c(cc2c1)oc1c3ccc2oc3cc4cc(N(c5ccc(C(C)C)cc5)c5c(C)ccc6c5oc5ccccc56)ccc4cc3c21. The van der Waals surface area contributed by atoms with Gasteiger partial charge in [-0.1, -0.05) is 125 Å². The highest BCUT2D eigenvalue weighted by atomic mass is 16.3. The maximum atomic E-state index is 7.00. The average Bonchev–Trinajstić information content (AvgIpc) is 4.30. The van der Waals surface area contributed by atoms with E-state index in [1.54, 1.807) is 0 Å². The molecule has 0 bridgehead atoms. The van der Waals surface area contributed by atoms with E-state index < -0.39 is 0 Å². The molecule has 0 spiro atoms. The molecular formula is C70H52N2O4. The minimum Gasteiger partial charge on any atom is -0.456 e. The highest BCUT2D eigenvalue weighted by Gasteiger charge is 2.25. The predicted molar refractivity (Wildman–Crippen MR) is 318 cm³/mol. The third-order valence-corrected chi connectivity index (χ3v) is 16.0. The van der Waals surface area contributed by atoms with Crippen molar-refractivity contribution in [2.24, 2.45) is 0 Å². The van der Waals surface area contributed by atoms with Crippen LogP contribution in [0.15, 0.2) is 212 Å². The highest BCUT2D eigenvalue weighted by Crippen LogP contribution is 2.49. The van der Waals surface area contributed by atoms with Crippen LogP contribution in [0.3, 0.4) is 0 Å². The number of rotatable bonds is 8. The summed E-state index contributed by atoms with van der Waals surface area (Å²) in [6, 6.07) is 69.9. The van der Waals surface area contributed by atoms with Crippen LogP contribution in [0, 0.1) is 13.8 Å². The van der Waals surface area contributed by atoms with Crippen LogP contribution in [0.4, 0.5) is 34.1 Å². The maximum Gasteiger partial charge on any atom is 0.159 e. The van der Waals surface area contributed by atoms with Crippen LogP contribution >= 0.6 is 0 Å². The summed E-state index contributed by atoms with van der Waals surface area (Å²) in [6.45, 7) is 13.3. The van der Waals surface area contributed by atoms with Gasteiger partial charge in [-0.3, -0.25) is 0 Å². The van der Waals surface area contributed by atoms with E-state index in [1.807, 2.05) is 12.1 Å². The molecule has 4 heterocycles. The normalized spacial score (nSPS) is 12.3. The zero-order valence-corrected chi connectivity index (χ0v) is 43.2. The van der Waals surface area contributed by atoms with Gasteiger partial charge in [-0.15, -0.1) is 0 Å². The van der Waals surface area contributed by atoms with Gasteiger partial charge in [-0.2, -0.15) is 0 Å². The van der Waals surface area contributed by atoms with Gasteiger partial charge in [-0.05, 0) is 167 Å². The third kappa shape index (κ3) is 6.73. The van der Waals surface area contributed by atoms with Crippen LogP contribution < -0.4 is 9.80 Å². The summed E-state index contributed by atoms with van der Waals surface area (Å²) in [5.41, 5.74) is 17.8. The smallest absolute Gasteiger partial charge is 0.159 e. The van der Waals surface area contributed by atoms with Crippen molar-refractivity contribution in [2.45, 2.75) is 53.4 Å². The lowest BCUT2D eigenvalue weighted by Crippen LogP contribution is -2.12. The van der Waals surface area contributed by atoms with Crippen molar-refractivity contribution >= 4 is 143 Å². The molecule has 76 heavy (non-hydrogen) atoms. The second-order valence-corrected chi connectivity index (χ2v) is 21.4. The van der Waals surface area contributed by atoms with Crippen LogP contribution in [0.25, 0.3) is 109 Å². The summed E-state index contributed by atoms with van der Waals surface area (Å²) < 4.78 is 27.2. The van der Waals surface area contributed by atoms with Gasteiger partial charge in [0, 0.05) is 60.5 Å². The lowest BCUT2D eigenvalue weighted by Gasteiger charge is -2.27. The minimum absolute atomic E-state index is 0.417. The number of furan rings is 4. The number of nitrogens with zero attached hydrogens (tertiary/aromatic N) is 2. The van der Waals surface area contributed by atoms with E-state index in [1.165, 1.54) is 11.1 Å². The molecule has 0 fully saturated rings. The van der Waals surface area contributed by atoms with Crippen molar-refractivity contribution in [2.75, 3.05) is 9.80 Å². The first-order chi connectivity index (χ1) is 37.1. The molecule has 0 N–H and O–H groups in total. The molecule has 15 aromatic rings. The first-order valence-corrected chi connectivity index (χ1v) is 26.4. The van der Waals surface area contributed by atoms with Gasteiger partial charge in [-0.25, -0.2) is 0 Å². The Morgan fingerprint density at radius 1 is 0.303 bits per heavy atom. The second-order valence-electron chi connectivity index (χ2n) is 21.4.